The summed E-state index contributed by atoms with van der Waals surface area (Å²) in [7, 11) is 0. The van der Waals surface area contributed by atoms with Crippen molar-refractivity contribution in [3.05, 3.63) is 24.4 Å². The Morgan fingerprint density at radius 2 is 2.15 bits per heavy atom. The lowest BCUT2D eigenvalue weighted by Crippen LogP contribution is -2.25. The van der Waals surface area contributed by atoms with Gasteiger partial charge in [-0.1, -0.05) is 26.5 Å². The number of likely N-dealkylation sites (tertiary alicyclic amines) is 1. The zero-order valence-electron chi connectivity index (χ0n) is 12.3. The highest BCUT2D eigenvalue weighted by Crippen LogP contribution is 2.22. The van der Waals surface area contributed by atoms with Crippen LogP contribution in [-0.4, -0.2) is 53.0 Å². The maximum absolute atomic E-state index is 12.0. The van der Waals surface area contributed by atoms with Crippen molar-refractivity contribution in [2.75, 3.05) is 26.2 Å². The van der Waals surface area contributed by atoms with Crippen molar-refractivity contribution in [3.8, 4) is 0 Å². The molecule has 1 aliphatic heterocycles. The normalized spacial score (nSPS) is 19.8. The van der Waals surface area contributed by atoms with Crippen molar-refractivity contribution in [2.24, 2.45) is 5.92 Å². The minimum Gasteiger partial charge on any atom is -0.478 e. The molecule has 112 valence electrons. The summed E-state index contributed by atoms with van der Waals surface area (Å²) in [5.74, 6) is -1.31. The third-order valence-electron chi connectivity index (χ3n) is 3.77. The number of aliphatic carboxylic acids is 1. The van der Waals surface area contributed by atoms with Crippen LogP contribution in [0.5, 0.6) is 0 Å². The van der Waals surface area contributed by atoms with Crippen LogP contribution in [0.3, 0.4) is 0 Å². The molecule has 1 saturated heterocycles. The molecule has 1 rings (SSSR count). The Balaban J connectivity index is 2.71. The molecule has 0 aromatic rings. The molecule has 1 atom stereocenters. The molecule has 0 aromatic heterocycles. The highest BCUT2D eigenvalue weighted by molar-refractivity contribution is 5.89. The molecule has 1 fully saturated rings. The third kappa shape index (κ3) is 4.20. The number of carboxylic acid groups (broad SMARTS) is 1. The first-order chi connectivity index (χ1) is 9.53. The molecule has 0 saturated carbocycles. The lowest BCUT2D eigenvalue weighted by atomic mass is 10.0. The Morgan fingerprint density at radius 3 is 2.60 bits per heavy atom. The fourth-order valence-corrected chi connectivity index (χ4v) is 2.38. The Hall–Kier alpha value is -1.62. The third-order valence-corrected chi connectivity index (χ3v) is 3.77. The zero-order chi connectivity index (χ0) is 15.1. The number of hydrogen-bond donors (Lipinski definition) is 1. The minimum atomic E-state index is -0.929. The van der Waals surface area contributed by atoms with Gasteiger partial charge in [-0.2, -0.15) is 0 Å². The van der Waals surface area contributed by atoms with Crippen LogP contribution in [0.15, 0.2) is 24.4 Å². The second-order valence-electron chi connectivity index (χ2n) is 4.88. The van der Waals surface area contributed by atoms with Crippen LogP contribution in [-0.2, 0) is 9.59 Å². The first kappa shape index (κ1) is 16.4. The number of carbonyl (C=O) groups excluding carboxylic acids is 1. The van der Waals surface area contributed by atoms with Crippen LogP contribution in [0.1, 0.15) is 26.7 Å². The Bertz CT molecular complexity index is 400. The highest BCUT2D eigenvalue weighted by Gasteiger charge is 2.29. The highest BCUT2D eigenvalue weighted by atomic mass is 16.4. The number of rotatable bonds is 8. The summed E-state index contributed by atoms with van der Waals surface area (Å²) >= 11 is 0. The average Bonchev–Trinajstić information content (AvgIpc) is 2.78. The van der Waals surface area contributed by atoms with Gasteiger partial charge in [0.1, 0.15) is 0 Å². The molecule has 0 bridgehead atoms. The Labute approximate surface area is 120 Å². The first-order valence-electron chi connectivity index (χ1n) is 7.12. The van der Waals surface area contributed by atoms with Crippen LogP contribution >= 0.6 is 0 Å². The van der Waals surface area contributed by atoms with Crippen molar-refractivity contribution in [2.45, 2.75) is 26.7 Å². The Morgan fingerprint density at radius 1 is 1.50 bits per heavy atom. The summed E-state index contributed by atoms with van der Waals surface area (Å²) in [4.78, 5) is 27.0. The second-order valence-corrected chi connectivity index (χ2v) is 4.88. The van der Waals surface area contributed by atoms with Crippen LogP contribution in [0.2, 0.25) is 0 Å². The van der Waals surface area contributed by atoms with Gasteiger partial charge in [0.15, 0.2) is 0 Å². The van der Waals surface area contributed by atoms with Crippen LogP contribution < -0.4 is 0 Å². The standard InChI is InChI=1S/C15H24N2O3/c1-4-16(5-2)9-7-13(15(19)20)11-12-8-10-17(6-3)14(12)18/h6,11-12H,3-5,7-10H2,1-2H3,(H,19,20). The van der Waals surface area contributed by atoms with Crippen molar-refractivity contribution in [1.82, 2.24) is 9.80 Å². The number of carbonyl (C=O) groups is 2. The number of amides is 1. The smallest absolute Gasteiger partial charge is 0.331 e. The summed E-state index contributed by atoms with van der Waals surface area (Å²) in [5, 5.41) is 9.27. The molecule has 0 radical (unpaired) electrons. The van der Waals surface area contributed by atoms with Gasteiger partial charge in [0, 0.05) is 18.7 Å². The molecule has 1 aliphatic rings. The molecule has 1 amide bonds. The molecule has 1 unspecified atom stereocenters. The lowest BCUT2D eigenvalue weighted by molar-refractivity contribution is -0.132. The summed E-state index contributed by atoms with van der Waals surface area (Å²) in [6.07, 6.45) is 4.26. The number of hydrogen-bond acceptors (Lipinski definition) is 3. The van der Waals surface area contributed by atoms with E-state index in [1.807, 2.05) is 0 Å². The van der Waals surface area contributed by atoms with Crippen molar-refractivity contribution < 1.29 is 14.7 Å². The SMILES string of the molecule is C=CN1CCC(C=C(CCN(CC)CC)C(=O)O)C1=O. The van der Waals surface area contributed by atoms with Gasteiger partial charge in [-0.05, 0) is 32.1 Å². The Kier molecular flexibility index (Phi) is 6.45. The molecule has 0 spiro atoms. The van der Waals surface area contributed by atoms with Gasteiger partial charge in [-0.3, -0.25) is 4.79 Å². The van der Waals surface area contributed by atoms with E-state index < -0.39 is 5.97 Å². The molecule has 1 N–H and O–H groups in total. The molecular weight excluding hydrogens is 256 g/mol. The van der Waals surface area contributed by atoms with E-state index >= 15 is 0 Å². The second kappa shape index (κ2) is 7.85. The zero-order valence-corrected chi connectivity index (χ0v) is 12.3. The van der Waals surface area contributed by atoms with Crippen molar-refractivity contribution >= 4 is 11.9 Å². The number of nitrogens with zero attached hydrogens (tertiary/aromatic N) is 2. The van der Waals surface area contributed by atoms with E-state index in [4.69, 9.17) is 0 Å². The minimum absolute atomic E-state index is 0.0541. The van der Waals surface area contributed by atoms with Crippen LogP contribution in [0.25, 0.3) is 0 Å². The topological polar surface area (TPSA) is 60.9 Å². The predicted octanol–water partition coefficient (Wildman–Crippen LogP) is 1.72. The van der Waals surface area contributed by atoms with Crippen LogP contribution in [0.4, 0.5) is 0 Å². The molecule has 5 heteroatoms. The van der Waals surface area contributed by atoms with Gasteiger partial charge in [0.2, 0.25) is 5.91 Å². The fourth-order valence-electron chi connectivity index (χ4n) is 2.38. The maximum Gasteiger partial charge on any atom is 0.331 e. The van der Waals surface area contributed by atoms with Gasteiger partial charge in [-0.15, -0.1) is 0 Å². The quantitative estimate of drug-likeness (QED) is 0.688. The van der Waals surface area contributed by atoms with E-state index in [0.29, 0.717) is 31.5 Å². The van der Waals surface area contributed by atoms with Crippen LogP contribution in [0, 0.1) is 5.92 Å². The maximum atomic E-state index is 12.0. The van der Waals surface area contributed by atoms with E-state index in [0.717, 1.165) is 13.1 Å². The van der Waals surface area contributed by atoms with Gasteiger partial charge < -0.3 is 14.9 Å². The molecule has 20 heavy (non-hydrogen) atoms. The van der Waals surface area contributed by atoms with E-state index in [9.17, 15) is 14.7 Å². The summed E-state index contributed by atoms with van der Waals surface area (Å²) in [6, 6.07) is 0. The van der Waals surface area contributed by atoms with Crippen molar-refractivity contribution in [3.63, 3.8) is 0 Å². The lowest BCUT2D eigenvalue weighted by Gasteiger charge is -2.18. The van der Waals surface area contributed by atoms with E-state index in [1.165, 1.54) is 6.20 Å². The van der Waals surface area contributed by atoms with Gasteiger partial charge >= 0.3 is 5.97 Å². The van der Waals surface area contributed by atoms with Gasteiger partial charge in [0.05, 0.1) is 5.92 Å². The summed E-state index contributed by atoms with van der Waals surface area (Å²) in [5.41, 5.74) is 0.334. The van der Waals surface area contributed by atoms with Gasteiger partial charge in [-0.25, -0.2) is 4.79 Å². The fraction of sp³-hybridized carbons (Fsp3) is 0.600. The largest absolute Gasteiger partial charge is 0.478 e. The van der Waals surface area contributed by atoms with Crippen molar-refractivity contribution in [1.29, 1.82) is 0 Å². The summed E-state index contributed by atoms with van der Waals surface area (Å²) < 4.78 is 0. The molecule has 5 nitrogen and oxygen atoms in total. The van der Waals surface area contributed by atoms with E-state index in [1.54, 1.807) is 11.0 Å². The predicted molar refractivity (Wildman–Crippen MR) is 78.1 cm³/mol. The van der Waals surface area contributed by atoms with E-state index in [-0.39, 0.29) is 11.8 Å². The molecule has 0 aliphatic carbocycles. The number of carboxylic acids is 1. The average molecular weight is 280 g/mol. The first-order valence-corrected chi connectivity index (χ1v) is 7.12. The van der Waals surface area contributed by atoms with Gasteiger partial charge in [0.25, 0.3) is 0 Å². The molecular formula is C15H24N2O3. The molecule has 0 aromatic carbocycles. The van der Waals surface area contributed by atoms with E-state index in [2.05, 4.69) is 25.3 Å². The molecule has 1 heterocycles. The monoisotopic (exact) mass is 280 g/mol. The summed E-state index contributed by atoms with van der Waals surface area (Å²) in [6.45, 7) is 10.8.